The Kier molecular flexibility index (Phi) is 10.3. The standard InChI is InChI=1S/C21H34N4O3S.HI/c1-3-22-21(24-12-9-19(16-24)17-28-2)23-15-18-10-13-25(14-11-18)29(26,27)20-7-5-4-6-8-20;/h4-8,18-19H,3,9-17H2,1-2H3,(H,22,23);1H. The van der Waals surface area contributed by atoms with Gasteiger partial charge in [0.05, 0.1) is 11.5 Å². The van der Waals surface area contributed by atoms with E-state index in [2.05, 4.69) is 17.1 Å². The van der Waals surface area contributed by atoms with Crippen molar-refractivity contribution in [2.45, 2.75) is 31.1 Å². The largest absolute Gasteiger partial charge is 0.384 e. The van der Waals surface area contributed by atoms with E-state index in [9.17, 15) is 8.42 Å². The van der Waals surface area contributed by atoms with Gasteiger partial charge in [-0.2, -0.15) is 4.31 Å². The quantitative estimate of drug-likeness (QED) is 0.321. The average molecular weight is 551 g/mol. The molecule has 1 atom stereocenters. The number of nitrogens with zero attached hydrogens (tertiary/aromatic N) is 3. The smallest absolute Gasteiger partial charge is 0.243 e. The summed E-state index contributed by atoms with van der Waals surface area (Å²) >= 11 is 0. The highest BCUT2D eigenvalue weighted by molar-refractivity contribution is 14.0. The number of piperidine rings is 1. The summed E-state index contributed by atoms with van der Waals surface area (Å²) in [6.45, 7) is 7.59. The second kappa shape index (κ2) is 12.2. The maximum absolute atomic E-state index is 12.8. The van der Waals surface area contributed by atoms with E-state index >= 15 is 0 Å². The highest BCUT2D eigenvalue weighted by Crippen LogP contribution is 2.24. The molecule has 1 aromatic carbocycles. The van der Waals surface area contributed by atoms with Crippen LogP contribution in [0.1, 0.15) is 26.2 Å². The van der Waals surface area contributed by atoms with E-state index in [0.29, 0.717) is 29.8 Å². The number of likely N-dealkylation sites (tertiary alicyclic amines) is 1. The maximum atomic E-state index is 12.8. The summed E-state index contributed by atoms with van der Waals surface area (Å²) < 4.78 is 32.5. The Morgan fingerprint density at radius 1 is 1.13 bits per heavy atom. The molecule has 2 aliphatic rings. The van der Waals surface area contributed by atoms with Crippen LogP contribution in [0.4, 0.5) is 0 Å². The van der Waals surface area contributed by atoms with E-state index in [1.54, 1.807) is 35.7 Å². The predicted octanol–water partition coefficient (Wildman–Crippen LogP) is 2.64. The molecule has 2 saturated heterocycles. The van der Waals surface area contributed by atoms with E-state index in [1.807, 2.05) is 6.07 Å². The highest BCUT2D eigenvalue weighted by Gasteiger charge is 2.30. The van der Waals surface area contributed by atoms with Crippen molar-refractivity contribution in [2.75, 3.05) is 53.0 Å². The molecule has 0 radical (unpaired) electrons. The van der Waals surface area contributed by atoms with E-state index < -0.39 is 10.0 Å². The molecule has 1 aromatic rings. The Hall–Kier alpha value is -0.910. The predicted molar refractivity (Wildman–Crippen MR) is 131 cm³/mol. The monoisotopic (exact) mass is 550 g/mol. The zero-order valence-corrected chi connectivity index (χ0v) is 21.1. The molecule has 0 amide bonds. The number of halogens is 1. The van der Waals surface area contributed by atoms with Crippen molar-refractivity contribution < 1.29 is 13.2 Å². The molecule has 30 heavy (non-hydrogen) atoms. The van der Waals surface area contributed by atoms with Crippen LogP contribution >= 0.6 is 24.0 Å². The lowest BCUT2D eigenvalue weighted by Crippen LogP contribution is -2.41. The van der Waals surface area contributed by atoms with Crippen LogP contribution in [0.3, 0.4) is 0 Å². The van der Waals surface area contributed by atoms with Crippen LogP contribution in [-0.2, 0) is 14.8 Å². The SMILES string of the molecule is CCNC(=NCC1CCN(S(=O)(=O)c2ccccc2)CC1)N1CCC(COC)C1.I. The lowest BCUT2D eigenvalue weighted by Gasteiger charge is -2.31. The molecule has 0 bridgehead atoms. The summed E-state index contributed by atoms with van der Waals surface area (Å²) in [6, 6.07) is 8.71. The molecule has 0 aliphatic carbocycles. The van der Waals surface area contributed by atoms with Crippen LogP contribution in [0.15, 0.2) is 40.2 Å². The fourth-order valence-electron chi connectivity index (χ4n) is 4.11. The normalized spacial score (nSPS) is 21.5. The van der Waals surface area contributed by atoms with Crippen molar-refractivity contribution in [2.24, 2.45) is 16.8 Å². The molecule has 0 saturated carbocycles. The van der Waals surface area contributed by atoms with Crippen molar-refractivity contribution in [3.63, 3.8) is 0 Å². The minimum Gasteiger partial charge on any atom is -0.384 e. The van der Waals surface area contributed by atoms with Crippen molar-refractivity contribution >= 4 is 40.0 Å². The highest BCUT2D eigenvalue weighted by atomic mass is 127. The van der Waals surface area contributed by atoms with Gasteiger partial charge in [0.2, 0.25) is 10.0 Å². The Bertz CT molecular complexity index is 768. The van der Waals surface area contributed by atoms with Gasteiger partial charge in [-0.3, -0.25) is 4.99 Å². The summed E-state index contributed by atoms with van der Waals surface area (Å²) in [5.74, 6) is 1.96. The van der Waals surface area contributed by atoms with Crippen molar-refractivity contribution in [3.8, 4) is 0 Å². The van der Waals surface area contributed by atoms with Gasteiger partial charge in [-0.1, -0.05) is 18.2 Å². The molecular weight excluding hydrogens is 515 g/mol. The van der Waals surface area contributed by atoms with Crippen molar-refractivity contribution in [3.05, 3.63) is 30.3 Å². The number of hydrogen-bond acceptors (Lipinski definition) is 4. The Morgan fingerprint density at radius 3 is 2.43 bits per heavy atom. The third kappa shape index (κ3) is 6.54. The number of sulfonamides is 1. The van der Waals surface area contributed by atoms with E-state index in [1.165, 1.54) is 0 Å². The summed E-state index contributed by atoms with van der Waals surface area (Å²) in [4.78, 5) is 7.58. The second-order valence-corrected chi connectivity index (χ2v) is 9.85. The molecule has 0 spiro atoms. The van der Waals surface area contributed by atoms with Crippen LogP contribution in [0.5, 0.6) is 0 Å². The maximum Gasteiger partial charge on any atom is 0.243 e. The van der Waals surface area contributed by atoms with Crippen LogP contribution in [-0.4, -0.2) is 76.6 Å². The van der Waals surface area contributed by atoms with Crippen molar-refractivity contribution in [1.82, 2.24) is 14.5 Å². The van der Waals surface area contributed by atoms with E-state index in [-0.39, 0.29) is 24.0 Å². The van der Waals surface area contributed by atoms with Gasteiger partial charge in [0.25, 0.3) is 0 Å². The molecule has 2 heterocycles. The number of aliphatic imine (C=N–C) groups is 1. The zero-order valence-electron chi connectivity index (χ0n) is 18.0. The first-order valence-corrected chi connectivity index (χ1v) is 12.1. The van der Waals surface area contributed by atoms with Crippen molar-refractivity contribution in [1.29, 1.82) is 0 Å². The topological polar surface area (TPSA) is 74.2 Å². The number of benzene rings is 1. The zero-order chi connectivity index (χ0) is 20.7. The molecule has 1 N–H and O–H groups in total. The molecule has 2 aliphatic heterocycles. The number of nitrogens with one attached hydrogen (secondary N) is 1. The van der Waals surface area contributed by atoms with Crippen LogP contribution in [0.2, 0.25) is 0 Å². The third-order valence-electron chi connectivity index (χ3n) is 5.78. The summed E-state index contributed by atoms with van der Waals surface area (Å²) in [5.41, 5.74) is 0. The molecule has 7 nitrogen and oxygen atoms in total. The van der Waals surface area contributed by atoms with Gasteiger partial charge in [0.1, 0.15) is 0 Å². The number of rotatable bonds is 7. The Balaban J connectivity index is 0.00000320. The van der Waals surface area contributed by atoms with E-state index in [4.69, 9.17) is 9.73 Å². The number of guanidine groups is 1. The minimum atomic E-state index is -3.38. The third-order valence-corrected chi connectivity index (χ3v) is 7.69. The average Bonchev–Trinajstić information content (AvgIpc) is 3.21. The second-order valence-electron chi connectivity index (χ2n) is 7.91. The van der Waals surface area contributed by atoms with Gasteiger partial charge >= 0.3 is 0 Å². The molecule has 3 rings (SSSR count). The molecule has 170 valence electrons. The molecule has 0 aromatic heterocycles. The lowest BCUT2D eigenvalue weighted by molar-refractivity contribution is 0.157. The first kappa shape index (κ1) is 25.4. The van der Waals surface area contributed by atoms with Crippen LogP contribution in [0, 0.1) is 11.8 Å². The van der Waals surface area contributed by atoms with Gasteiger partial charge in [-0.15, -0.1) is 24.0 Å². The first-order chi connectivity index (χ1) is 14.0. The van der Waals surface area contributed by atoms with Gasteiger partial charge in [-0.25, -0.2) is 8.42 Å². The fraction of sp³-hybridized carbons (Fsp3) is 0.667. The first-order valence-electron chi connectivity index (χ1n) is 10.6. The molecular formula is C21H35IN4O3S. The van der Waals surface area contributed by atoms with Gasteiger partial charge in [0, 0.05) is 52.3 Å². The molecule has 1 unspecified atom stereocenters. The fourth-order valence-corrected chi connectivity index (χ4v) is 5.60. The number of methoxy groups -OCH3 is 1. The molecule has 2 fully saturated rings. The van der Waals surface area contributed by atoms with Crippen LogP contribution in [0.25, 0.3) is 0 Å². The van der Waals surface area contributed by atoms with E-state index in [0.717, 1.165) is 58.0 Å². The van der Waals surface area contributed by atoms with Gasteiger partial charge in [-0.05, 0) is 44.2 Å². The number of ether oxygens (including phenoxy) is 1. The Morgan fingerprint density at radius 2 is 1.80 bits per heavy atom. The Labute approximate surface area is 198 Å². The van der Waals surface area contributed by atoms with Crippen LogP contribution < -0.4 is 5.32 Å². The molecule has 9 heteroatoms. The summed E-state index contributed by atoms with van der Waals surface area (Å²) in [7, 11) is -1.63. The summed E-state index contributed by atoms with van der Waals surface area (Å²) in [5, 5.41) is 3.41. The van der Waals surface area contributed by atoms with Gasteiger partial charge in [0.15, 0.2) is 5.96 Å². The van der Waals surface area contributed by atoms with Gasteiger partial charge < -0.3 is 15.0 Å². The minimum absolute atomic E-state index is 0. The lowest BCUT2D eigenvalue weighted by atomic mass is 9.98. The summed E-state index contributed by atoms with van der Waals surface area (Å²) in [6.07, 6.45) is 2.83. The number of hydrogen-bond donors (Lipinski definition) is 1.